The molecule has 0 bridgehead atoms. The number of benzene rings is 2. The van der Waals surface area contributed by atoms with Crippen molar-refractivity contribution < 1.29 is 14.2 Å². The number of nitrogens with zero attached hydrogens (tertiary/aromatic N) is 1. The quantitative estimate of drug-likeness (QED) is 0.803. The molecule has 4 nitrogen and oxygen atoms in total. The summed E-state index contributed by atoms with van der Waals surface area (Å²) in [5, 5.41) is 0. The van der Waals surface area contributed by atoms with E-state index in [2.05, 4.69) is 42.3 Å². The van der Waals surface area contributed by atoms with Gasteiger partial charge in [-0.3, -0.25) is 0 Å². The van der Waals surface area contributed by atoms with E-state index >= 15 is 0 Å². The SMILES string of the molecule is CN(CCc1cccc2c1CCO2)C[C@@H]1CCCc2c1ccc1c2OCO1. The topological polar surface area (TPSA) is 30.9 Å². The first-order chi connectivity index (χ1) is 13.3. The fourth-order valence-corrected chi connectivity index (χ4v) is 4.86. The second-order valence-electron chi connectivity index (χ2n) is 7.96. The molecule has 0 saturated carbocycles. The molecule has 0 saturated heterocycles. The van der Waals surface area contributed by atoms with E-state index in [-0.39, 0.29) is 0 Å². The predicted octanol–water partition coefficient (Wildman–Crippen LogP) is 3.94. The van der Waals surface area contributed by atoms with Crippen LogP contribution in [0.25, 0.3) is 0 Å². The standard InChI is InChI=1S/C23H27NO3/c1-24(12-10-16-4-3-7-21-19(16)11-13-25-21)14-17-5-2-6-20-18(17)8-9-22-23(20)27-15-26-22/h3-4,7-9,17H,2,5-6,10-15H2,1H3/t17-/m0/s1. The molecule has 1 aliphatic carbocycles. The molecule has 0 fully saturated rings. The Morgan fingerprint density at radius 2 is 1.96 bits per heavy atom. The van der Waals surface area contributed by atoms with Gasteiger partial charge in [-0.25, -0.2) is 0 Å². The molecule has 0 amide bonds. The van der Waals surface area contributed by atoms with E-state index in [0.717, 1.165) is 56.2 Å². The lowest BCUT2D eigenvalue weighted by Gasteiger charge is -2.30. The van der Waals surface area contributed by atoms with E-state index < -0.39 is 0 Å². The van der Waals surface area contributed by atoms with Crippen LogP contribution in [-0.2, 0) is 19.3 Å². The summed E-state index contributed by atoms with van der Waals surface area (Å²) in [4.78, 5) is 2.49. The first-order valence-electron chi connectivity index (χ1n) is 10.1. The predicted molar refractivity (Wildman–Crippen MR) is 105 cm³/mol. The summed E-state index contributed by atoms with van der Waals surface area (Å²) in [5.74, 6) is 3.59. The van der Waals surface area contributed by atoms with Gasteiger partial charge < -0.3 is 19.1 Å². The van der Waals surface area contributed by atoms with E-state index in [4.69, 9.17) is 14.2 Å². The van der Waals surface area contributed by atoms with Crippen LogP contribution >= 0.6 is 0 Å². The zero-order chi connectivity index (χ0) is 18.2. The highest BCUT2D eigenvalue weighted by atomic mass is 16.7. The first-order valence-corrected chi connectivity index (χ1v) is 10.1. The van der Waals surface area contributed by atoms with Gasteiger partial charge in [0.05, 0.1) is 6.61 Å². The normalized spacial score (nSPS) is 19.7. The highest BCUT2D eigenvalue weighted by Crippen LogP contribution is 2.44. The number of hydrogen-bond donors (Lipinski definition) is 0. The van der Waals surface area contributed by atoms with Crippen molar-refractivity contribution in [3.8, 4) is 17.2 Å². The molecule has 0 unspecified atom stereocenters. The highest BCUT2D eigenvalue weighted by molar-refractivity contribution is 5.54. The Kier molecular flexibility index (Phi) is 4.44. The van der Waals surface area contributed by atoms with Crippen LogP contribution in [-0.4, -0.2) is 38.4 Å². The average molecular weight is 365 g/mol. The number of fused-ring (bicyclic) bond motifs is 4. The molecule has 3 aliphatic rings. The number of hydrogen-bond acceptors (Lipinski definition) is 4. The Balaban J connectivity index is 1.26. The molecule has 0 spiro atoms. The third-order valence-corrected chi connectivity index (χ3v) is 6.23. The van der Waals surface area contributed by atoms with Crippen LogP contribution in [0.1, 0.15) is 41.0 Å². The van der Waals surface area contributed by atoms with Crippen LogP contribution in [0, 0.1) is 0 Å². The summed E-state index contributed by atoms with van der Waals surface area (Å²) < 4.78 is 17.0. The van der Waals surface area contributed by atoms with E-state index in [1.807, 2.05) is 0 Å². The molecule has 0 N–H and O–H groups in total. The molecule has 142 valence electrons. The van der Waals surface area contributed by atoms with Gasteiger partial charge in [0.1, 0.15) is 5.75 Å². The van der Waals surface area contributed by atoms with Crippen LogP contribution in [0.2, 0.25) is 0 Å². The van der Waals surface area contributed by atoms with Crippen molar-refractivity contribution >= 4 is 0 Å². The summed E-state index contributed by atoms with van der Waals surface area (Å²) in [7, 11) is 2.25. The third-order valence-electron chi connectivity index (χ3n) is 6.23. The van der Waals surface area contributed by atoms with E-state index in [0.29, 0.717) is 12.7 Å². The Bertz CT molecular complexity index is 848. The van der Waals surface area contributed by atoms with Crippen molar-refractivity contribution in [1.29, 1.82) is 0 Å². The summed E-state index contributed by atoms with van der Waals surface area (Å²) in [6, 6.07) is 10.8. The lowest BCUT2D eigenvalue weighted by Crippen LogP contribution is -2.28. The van der Waals surface area contributed by atoms with Gasteiger partial charge in [0, 0.05) is 30.6 Å². The number of ether oxygens (including phenoxy) is 3. The summed E-state index contributed by atoms with van der Waals surface area (Å²) in [6.45, 7) is 3.36. The van der Waals surface area contributed by atoms with Crippen molar-refractivity contribution in [2.24, 2.45) is 0 Å². The van der Waals surface area contributed by atoms with Gasteiger partial charge in [0.25, 0.3) is 0 Å². The molecule has 0 radical (unpaired) electrons. The van der Waals surface area contributed by atoms with Crippen LogP contribution < -0.4 is 14.2 Å². The minimum Gasteiger partial charge on any atom is -0.493 e. The maximum Gasteiger partial charge on any atom is 0.231 e. The Hall–Kier alpha value is -2.20. The number of rotatable bonds is 5. The number of likely N-dealkylation sites (N-methyl/N-ethyl adjacent to an activating group) is 1. The van der Waals surface area contributed by atoms with Crippen LogP contribution in [0.3, 0.4) is 0 Å². The Labute approximate surface area is 161 Å². The highest BCUT2D eigenvalue weighted by Gasteiger charge is 2.28. The maximum absolute atomic E-state index is 5.75. The second-order valence-corrected chi connectivity index (χ2v) is 7.96. The van der Waals surface area contributed by atoms with E-state index in [1.165, 1.54) is 35.1 Å². The van der Waals surface area contributed by atoms with Gasteiger partial charge >= 0.3 is 0 Å². The van der Waals surface area contributed by atoms with Crippen molar-refractivity contribution in [3.05, 3.63) is 52.6 Å². The average Bonchev–Trinajstić information content (AvgIpc) is 3.35. The third kappa shape index (κ3) is 3.16. The van der Waals surface area contributed by atoms with Crippen molar-refractivity contribution in [3.63, 3.8) is 0 Å². The van der Waals surface area contributed by atoms with Gasteiger partial charge in [-0.05, 0) is 61.9 Å². The van der Waals surface area contributed by atoms with Crippen molar-refractivity contribution in [2.75, 3.05) is 33.5 Å². The first kappa shape index (κ1) is 16.9. The Morgan fingerprint density at radius 3 is 2.93 bits per heavy atom. The molecule has 2 aromatic rings. The zero-order valence-corrected chi connectivity index (χ0v) is 16.0. The van der Waals surface area contributed by atoms with Gasteiger partial charge in [-0.15, -0.1) is 0 Å². The minimum absolute atomic E-state index is 0.363. The molecule has 27 heavy (non-hydrogen) atoms. The molecular formula is C23H27NO3. The lowest BCUT2D eigenvalue weighted by atomic mass is 9.82. The molecule has 0 aromatic heterocycles. The molecule has 5 rings (SSSR count). The van der Waals surface area contributed by atoms with Gasteiger partial charge in [0.15, 0.2) is 11.5 Å². The largest absolute Gasteiger partial charge is 0.493 e. The van der Waals surface area contributed by atoms with Gasteiger partial charge in [0.2, 0.25) is 6.79 Å². The van der Waals surface area contributed by atoms with Gasteiger partial charge in [-0.1, -0.05) is 18.2 Å². The van der Waals surface area contributed by atoms with Crippen LogP contribution in [0.15, 0.2) is 30.3 Å². The molecule has 1 atom stereocenters. The second kappa shape index (κ2) is 7.08. The monoisotopic (exact) mass is 365 g/mol. The van der Waals surface area contributed by atoms with Crippen molar-refractivity contribution in [2.45, 2.75) is 38.0 Å². The fraction of sp³-hybridized carbons (Fsp3) is 0.478. The summed E-state index contributed by atoms with van der Waals surface area (Å²) >= 11 is 0. The van der Waals surface area contributed by atoms with Gasteiger partial charge in [-0.2, -0.15) is 0 Å². The van der Waals surface area contributed by atoms with Crippen LogP contribution in [0.4, 0.5) is 0 Å². The van der Waals surface area contributed by atoms with Crippen LogP contribution in [0.5, 0.6) is 17.2 Å². The summed E-state index contributed by atoms with van der Waals surface area (Å²) in [5.41, 5.74) is 5.71. The summed E-state index contributed by atoms with van der Waals surface area (Å²) in [6.07, 6.45) is 5.74. The minimum atomic E-state index is 0.363. The van der Waals surface area contributed by atoms with Crippen molar-refractivity contribution in [1.82, 2.24) is 4.90 Å². The van der Waals surface area contributed by atoms with E-state index in [1.54, 1.807) is 0 Å². The fourth-order valence-electron chi connectivity index (χ4n) is 4.86. The molecular weight excluding hydrogens is 338 g/mol. The molecule has 4 heteroatoms. The smallest absolute Gasteiger partial charge is 0.231 e. The molecule has 2 aromatic carbocycles. The molecule has 2 heterocycles. The molecule has 2 aliphatic heterocycles. The van der Waals surface area contributed by atoms with E-state index in [9.17, 15) is 0 Å². The zero-order valence-electron chi connectivity index (χ0n) is 16.0. The maximum atomic E-state index is 5.75. The lowest BCUT2D eigenvalue weighted by molar-refractivity contribution is 0.173. The Morgan fingerprint density at radius 1 is 1.00 bits per heavy atom.